The molecule has 0 N–H and O–H groups in total. The van der Waals surface area contributed by atoms with Gasteiger partial charge in [0.25, 0.3) is 0 Å². The van der Waals surface area contributed by atoms with Gasteiger partial charge in [0.1, 0.15) is 6.20 Å². The summed E-state index contributed by atoms with van der Waals surface area (Å²) in [6.07, 6.45) is 8.48. The van der Waals surface area contributed by atoms with Crippen LogP contribution in [0.2, 0.25) is 0 Å². The zero-order valence-electron chi connectivity index (χ0n) is 13.3. The number of hydrogen-bond acceptors (Lipinski definition) is 4. The average Bonchev–Trinajstić information content (AvgIpc) is 3.01. The molecule has 1 heterocycles. The Balaban J connectivity index is 1.90. The molecule has 6 nitrogen and oxygen atoms in total. The molecule has 0 radical (unpaired) electrons. The molecular weight excluding hydrogens is 294 g/mol. The standard InChI is InChI=1S/C17H21N3O3/c1-2-3-4-5-6-14-7-9-15(10-8-14)16(21)11-19-12-17(18-13-19)20(22)23/h7-10,12-13H,2-6,11H2,1H3. The van der Waals surface area contributed by atoms with Crippen LogP contribution in [0.5, 0.6) is 0 Å². The summed E-state index contributed by atoms with van der Waals surface area (Å²) < 4.78 is 1.43. The lowest BCUT2D eigenvalue weighted by atomic mass is 10.0. The summed E-state index contributed by atoms with van der Waals surface area (Å²) in [7, 11) is 0. The molecule has 0 aliphatic carbocycles. The number of aromatic nitrogens is 2. The number of rotatable bonds is 9. The van der Waals surface area contributed by atoms with E-state index in [-0.39, 0.29) is 18.1 Å². The number of carbonyl (C=O) groups is 1. The number of ketones is 1. The van der Waals surface area contributed by atoms with Gasteiger partial charge in [-0.1, -0.05) is 50.5 Å². The first-order valence-corrected chi connectivity index (χ1v) is 7.88. The molecule has 1 aromatic carbocycles. The lowest BCUT2D eigenvalue weighted by molar-refractivity contribution is -0.389. The molecule has 0 fully saturated rings. The van der Waals surface area contributed by atoms with E-state index in [1.54, 1.807) is 0 Å². The van der Waals surface area contributed by atoms with Gasteiger partial charge in [0, 0.05) is 5.56 Å². The molecule has 0 aliphatic rings. The van der Waals surface area contributed by atoms with Crippen LogP contribution >= 0.6 is 0 Å². The third-order valence-corrected chi connectivity index (χ3v) is 3.73. The molecule has 6 heteroatoms. The molecule has 0 saturated heterocycles. The topological polar surface area (TPSA) is 78.0 Å². The van der Waals surface area contributed by atoms with Gasteiger partial charge in [0.2, 0.25) is 6.33 Å². The summed E-state index contributed by atoms with van der Waals surface area (Å²) in [6, 6.07) is 7.61. The fraction of sp³-hybridized carbons (Fsp3) is 0.412. The van der Waals surface area contributed by atoms with Crippen LogP contribution in [0.4, 0.5) is 5.82 Å². The van der Waals surface area contributed by atoms with Gasteiger partial charge in [-0.05, 0) is 28.3 Å². The third-order valence-electron chi connectivity index (χ3n) is 3.73. The monoisotopic (exact) mass is 315 g/mol. The maximum atomic E-state index is 12.2. The Hall–Kier alpha value is -2.50. The molecule has 0 atom stereocenters. The maximum Gasteiger partial charge on any atom is 0.381 e. The number of nitrogens with zero attached hydrogens (tertiary/aromatic N) is 3. The molecule has 0 saturated carbocycles. The van der Waals surface area contributed by atoms with Crippen molar-refractivity contribution >= 4 is 11.6 Å². The van der Waals surface area contributed by atoms with Crippen molar-refractivity contribution in [3.05, 3.63) is 58.0 Å². The molecule has 0 amide bonds. The average molecular weight is 315 g/mol. The zero-order valence-corrected chi connectivity index (χ0v) is 13.3. The Morgan fingerprint density at radius 2 is 1.96 bits per heavy atom. The summed E-state index contributed by atoms with van der Waals surface area (Å²) in [5, 5.41) is 10.6. The number of nitro groups is 1. The van der Waals surface area contributed by atoms with Crippen molar-refractivity contribution in [2.45, 2.75) is 45.6 Å². The largest absolute Gasteiger partial charge is 0.381 e. The van der Waals surface area contributed by atoms with E-state index in [0.29, 0.717) is 5.56 Å². The van der Waals surface area contributed by atoms with Crippen molar-refractivity contribution in [2.75, 3.05) is 0 Å². The van der Waals surface area contributed by atoms with E-state index in [9.17, 15) is 14.9 Å². The molecule has 0 bridgehead atoms. The number of unbranched alkanes of at least 4 members (excludes halogenated alkanes) is 3. The van der Waals surface area contributed by atoms with E-state index in [4.69, 9.17) is 0 Å². The van der Waals surface area contributed by atoms with Crippen molar-refractivity contribution < 1.29 is 9.72 Å². The summed E-state index contributed by atoms with van der Waals surface area (Å²) >= 11 is 0. The Labute approximate surface area is 135 Å². The highest BCUT2D eigenvalue weighted by atomic mass is 16.6. The van der Waals surface area contributed by atoms with Gasteiger partial charge in [-0.3, -0.25) is 4.79 Å². The molecule has 0 spiro atoms. The van der Waals surface area contributed by atoms with Gasteiger partial charge in [-0.25, -0.2) is 0 Å². The first kappa shape index (κ1) is 16.9. The number of aryl methyl sites for hydroxylation is 1. The predicted molar refractivity (Wildman–Crippen MR) is 87.5 cm³/mol. The van der Waals surface area contributed by atoms with Crippen LogP contribution in [0, 0.1) is 10.1 Å². The minimum absolute atomic E-state index is 0.0523. The lowest BCUT2D eigenvalue weighted by Gasteiger charge is -2.04. The van der Waals surface area contributed by atoms with Crippen LogP contribution in [0.3, 0.4) is 0 Å². The van der Waals surface area contributed by atoms with Crippen molar-refractivity contribution in [1.29, 1.82) is 0 Å². The van der Waals surface area contributed by atoms with E-state index in [2.05, 4.69) is 11.9 Å². The summed E-state index contributed by atoms with van der Waals surface area (Å²) in [6.45, 7) is 2.24. The van der Waals surface area contributed by atoms with E-state index in [1.165, 1.54) is 48.3 Å². The summed E-state index contributed by atoms with van der Waals surface area (Å²) in [5.41, 5.74) is 1.84. The van der Waals surface area contributed by atoms with Gasteiger partial charge in [-0.2, -0.15) is 0 Å². The van der Waals surface area contributed by atoms with E-state index >= 15 is 0 Å². The number of imidazole rings is 1. The number of benzene rings is 1. The molecule has 2 rings (SSSR count). The molecule has 0 unspecified atom stereocenters. The smallest absolute Gasteiger partial charge is 0.358 e. The van der Waals surface area contributed by atoms with Gasteiger partial charge in [-0.15, -0.1) is 0 Å². The van der Waals surface area contributed by atoms with Crippen molar-refractivity contribution in [3.63, 3.8) is 0 Å². The third kappa shape index (κ3) is 5.02. The van der Waals surface area contributed by atoms with E-state index < -0.39 is 4.92 Å². The minimum atomic E-state index is -0.575. The van der Waals surface area contributed by atoms with Crippen molar-refractivity contribution in [3.8, 4) is 0 Å². The van der Waals surface area contributed by atoms with Gasteiger partial charge >= 0.3 is 5.82 Å². The molecule has 122 valence electrons. The van der Waals surface area contributed by atoms with Crippen LogP contribution in [-0.4, -0.2) is 20.3 Å². The fourth-order valence-electron chi connectivity index (χ4n) is 2.40. The first-order valence-electron chi connectivity index (χ1n) is 7.88. The normalized spacial score (nSPS) is 10.7. The van der Waals surface area contributed by atoms with Crippen molar-refractivity contribution in [1.82, 2.24) is 9.55 Å². The second kappa shape index (κ2) is 8.22. The highest BCUT2D eigenvalue weighted by Gasteiger charge is 2.13. The van der Waals surface area contributed by atoms with Crippen LogP contribution in [0.15, 0.2) is 36.8 Å². The summed E-state index contributed by atoms with van der Waals surface area (Å²) in [5.74, 6) is -0.338. The van der Waals surface area contributed by atoms with Crippen LogP contribution in [0.1, 0.15) is 48.5 Å². The van der Waals surface area contributed by atoms with Gasteiger partial charge < -0.3 is 14.7 Å². The highest BCUT2D eigenvalue weighted by Crippen LogP contribution is 2.12. The van der Waals surface area contributed by atoms with E-state index in [0.717, 1.165) is 6.42 Å². The highest BCUT2D eigenvalue weighted by molar-refractivity contribution is 5.95. The predicted octanol–water partition coefficient (Wildman–Crippen LogP) is 3.80. The maximum absolute atomic E-state index is 12.2. The van der Waals surface area contributed by atoms with E-state index in [1.807, 2.05) is 24.3 Å². The van der Waals surface area contributed by atoms with Crippen LogP contribution in [-0.2, 0) is 13.0 Å². The Bertz CT molecular complexity index is 662. The number of carbonyl (C=O) groups excluding carboxylic acids is 1. The second-order valence-electron chi connectivity index (χ2n) is 5.59. The second-order valence-corrected chi connectivity index (χ2v) is 5.59. The fourth-order valence-corrected chi connectivity index (χ4v) is 2.40. The molecule has 1 aromatic heterocycles. The van der Waals surface area contributed by atoms with Gasteiger partial charge in [0.15, 0.2) is 5.78 Å². The van der Waals surface area contributed by atoms with Crippen LogP contribution < -0.4 is 0 Å². The number of hydrogen-bond donors (Lipinski definition) is 0. The molecular formula is C17H21N3O3. The zero-order chi connectivity index (χ0) is 16.7. The SMILES string of the molecule is CCCCCCc1ccc(C(=O)Cn2cnc([N+](=O)[O-])c2)cc1. The minimum Gasteiger partial charge on any atom is -0.358 e. The molecule has 0 aliphatic heterocycles. The Kier molecular flexibility index (Phi) is 6.02. The number of Topliss-reactive ketones (excluding diaryl/α,β-unsaturated/α-hetero) is 1. The Morgan fingerprint density at radius 1 is 1.22 bits per heavy atom. The van der Waals surface area contributed by atoms with Gasteiger partial charge in [0.05, 0.1) is 6.54 Å². The van der Waals surface area contributed by atoms with Crippen molar-refractivity contribution in [2.24, 2.45) is 0 Å². The lowest BCUT2D eigenvalue weighted by Crippen LogP contribution is -2.09. The Morgan fingerprint density at radius 3 is 2.57 bits per heavy atom. The quantitative estimate of drug-likeness (QED) is 0.305. The molecule has 23 heavy (non-hydrogen) atoms. The molecule has 2 aromatic rings. The summed E-state index contributed by atoms with van der Waals surface area (Å²) in [4.78, 5) is 25.8. The first-order chi connectivity index (χ1) is 11.1. The van der Waals surface area contributed by atoms with Crippen LogP contribution in [0.25, 0.3) is 0 Å².